The maximum atomic E-state index is 9.17. The second-order valence-corrected chi connectivity index (χ2v) is 6.00. The molecule has 0 saturated carbocycles. The van der Waals surface area contributed by atoms with E-state index in [-0.39, 0.29) is 12.2 Å². The van der Waals surface area contributed by atoms with Gasteiger partial charge in [-0.05, 0) is 32.7 Å². The molecule has 0 aromatic carbocycles. The molecule has 1 atom stereocenters. The maximum absolute atomic E-state index is 9.17. The fourth-order valence-corrected chi connectivity index (χ4v) is 3.44. The maximum Gasteiger partial charge on any atom is 0.169 e. The molecular formula is C16H25N5O. The highest BCUT2D eigenvalue weighted by atomic mass is 16.3. The number of hydrogen-bond acceptors (Lipinski definition) is 6. The van der Waals surface area contributed by atoms with Crippen molar-refractivity contribution in [1.29, 1.82) is 10.5 Å². The molecule has 120 valence electrons. The molecule has 0 bridgehead atoms. The Morgan fingerprint density at radius 3 is 2.36 bits per heavy atom. The normalized spacial score (nSPS) is 22.0. The Bertz CT molecular complexity index is 474. The Morgan fingerprint density at radius 2 is 1.82 bits per heavy atom. The molecule has 2 aliphatic heterocycles. The first kappa shape index (κ1) is 16.6. The van der Waals surface area contributed by atoms with Crippen LogP contribution in [0.3, 0.4) is 0 Å². The number of rotatable bonds is 6. The minimum Gasteiger partial charge on any atom is -0.395 e. The van der Waals surface area contributed by atoms with E-state index in [1.807, 2.05) is 17.0 Å². The van der Waals surface area contributed by atoms with Crippen LogP contribution in [-0.2, 0) is 0 Å². The van der Waals surface area contributed by atoms with Gasteiger partial charge in [-0.25, -0.2) is 0 Å². The summed E-state index contributed by atoms with van der Waals surface area (Å²) in [5.74, 6) is 0.702. The first-order valence-electron chi connectivity index (χ1n) is 8.10. The lowest BCUT2D eigenvalue weighted by atomic mass is 10.2. The van der Waals surface area contributed by atoms with Crippen molar-refractivity contribution in [3.05, 3.63) is 11.4 Å². The van der Waals surface area contributed by atoms with Gasteiger partial charge in [0.2, 0.25) is 0 Å². The average molecular weight is 303 g/mol. The Labute approximate surface area is 132 Å². The number of nitrogens with zero attached hydrogens (tertiary/aromatic N) is 5. The molecule has 0 spiro atoms. The smallest absolute Gasteiger partial charge is 0.169 e. The van der Waals surface area contributed by atoms with Crippen LogP contribution >= 0.6 is 0 Å². The summed E-state index contributed by atoms with van der Waals surface area (Å²) in [7, 11) is 0. The summed E-state index contributed by atoms with van der Waals surface area (Å²) >= 11 is 0. The van der Waals surface area contributed by atoms with Crippen molar-refractivity contribution in [2.24, 2.45) is 0 Å². The molecule has 1 unspecified atom stereocenters. The fraction of sp³-hybridized carbons (Fsp3) is 0.750. The lowest BCUT2D eigenvalue weighted by molar-refractivity contribution is 0.225. The third-order valence-corrected chi connectivity index (χ3v) is 4.62. The van der Waals surface area contributed by atoms with Gasteiger partial charge in [0.25, 0.3) is 0 Å². The fourth-order valence-electron chi connectivity index (χ4n) is 3.44. The van der Waals surface area contributed by atoms with Gasteiger partial charge in [0, 0.05) is 38.8 Å². The van der Waals surface area contributed by atoms with Crippen molar-refractivity contribution in [3.8, 4) is 12.1 Å². The van der Waals surface area contributed by atoms with Crippen LogP contribution in [0.25, 0.3) is 0 Å². The third-order valence-electron chi connectivity index (χ3n) is 4.62. The average Bonchev–Trinajstić information content (AvgIpc) is 3.09. The minimum absolute atomic E-state index is 0.0345. The zero-order valence-corrected chi connectivity index (χ0v) is 13.3. The number of nitriles is 2. The first-order valence-corrected chi connectivity index (χ1v) is 8.10. The van der Waals surface area contributed by atoms with E-state index in [9.17, 15) is 0 Å². The summed E-state index contributed by atoms with van der Waals surface area (Å²) < 4.78 is 0. The Balaban J connectivity index is 1.96. The largest absolute Gasteiger partial charge is 0.395 e. The van der Waals surface area contributed by atoms with Crippen LogP contribution in [0.5, 0.6) is 0 Å². The molecule has 2 heterocycles. The van der Waals surface area contributed by atoms with Gasteiger partial charge in [-0.1, -0.05) is 0 Å². The molecule has 0 aromatic rings. The summed E-state index contributed by atoms with van der Waals surface area (Å²) in [5.41, 5.74) is 0.153. The minimum atomic E-state index is 0.0345. The highest BCUT2D eigenvalue weighted by Crippen LogP contribution is 2.22. The molecule has 2 saturated heterocycles. The second-order valence-electron chi connectivity index (χ2n) is 6.00. The molecule has 6 heteroatoms. The van der Waals surface area contributed by atoms with Crippen molar-refractivity contribution in [2.75, 3.05) is 45.9 Å². The third kappa shape index (κ3) is 3.71. The van der Waals surface area contributed by atoms with Crippen molar-refractivity contribution in [2.45, 2.75) is 32.2 Å². The lowest BCUT2D eigenvalue weighted by Crippen LogP contribution is -2.32. The van der Waals surface area contributed by atoms with E-state index in [2.05, 4.69) is 16.7 Å². The number of aliphatic hydroxyl groups excluding tert-OH is 1. The van der Waals surface area contributed by atoms with E-state index < -0.39 is 0 Å². The zero-order chi connectivity index (χ0) is 15.9. The SMILES string of the molecule is CC1CCCN1CCCN1CCN(CCO)C1=C(C#N)C#N. The number of allylic oxidation sites excluding steroid dienone is 1. The molecule has 2 aliphatic rings. The molecule has 22 heavy (non-hydrogen) atoms. The van der Waals surface area contributed by atoms with Crippen LogP contribution in [0.4, 0.5) is 0 Å². The van der Waals surface area contributed by atoms with Crippen molar-refractivity contribution < 1.29 is 5.11 Å². The summed E-state index contributed by atoms with van der Waals surface area (Å²) in [5, 5.41) is 27.5. The van der Waals surface area contributed by atoms with E-state index in [1.54, 1.807) is 0 Å². The topological polar surface area (TPSA) is 77.5 Å². The van der Waals surface area contributed by atoms with E-state index >= 15 is 0 Å². The lowest BCUT2D eigenvalue weighted by Gasteiger charge is -2.26. The van der Waals surface area contributed by atoms with E-state index in [1.165, 1.54) is 19.4 Å². The molecule has 1 N–H and O–H groups in total. The zero-order valence-electron chi connectivity index (χ0n) is 13.3. The van der Waals surface area contributed by atoms with E-state index in [4.69, 9.17) is 15.6 Å². The van der Waals surface area contributed by atoms with Gasteiger partial charge in [0.1, 0.15) is 18.0 Å². The molecule has 0 amide bonds. The van der Waals surface area contributed by atoms with Gasteiger partial charge in [0.05, 0.1) is 6.61 Å². The standard InChI is InChI=1S/C16H25N5O/c1-14-4-2-5-19(14)6-3-7-20-8-9-21(10-11-22)16(20)15(12-17)13-18/h14,22H,2-11H2,1H3. The van der Waals surface area contributed by atoms with E-state index in [0.717, 1.165) is 32.6 Å². The van der Waals surface area contributed by atoms with Gasteiger partial charge in [-0.2, -0.15) is 10.5 Å². The van der Waals surface area contributed by atoms with Gasteiger partial charge in [-0.15, -0.1) is 0 Å². The molecule has 2 fully saturated rings. The van der Waals surface area contributed by atoms with Gasteiger partial charge in [-0.3, -0.25) is 0 Å². The first-order chi connectivity index (χ1) is 10.7. The van der Waals surface area contributed by atoms with Gasteiger partial charge in [0.15, 0.2) is 5.57 Å². The van der Waals surface area contributed by atoms with E-state index in [0.29, 0.717) is 18.4 Å². The van der Waals surface area contributed by atoms with Crippen molar-refractivity contribution in [1.82, 2.24) is 14.7 Å². The number of likely N-dealkylation sites (tertiary alicyclic amines) is 1. The number of hydrogen-bond donors (Lipinski definition) is 1. The monoisotopic (exact) mass is 303 g/mol. The van der Waals surface area contributed by atoms with Crippen molar-refractivity contribution in [3.63, 3.8) is 0 Å². The van der Waals surface area contributed by atoms with Gasteiger partial charge < -0.3 is 19.8 Å². The van der Waals surface area contributed by atoms with Gasteiger partial charge >= 0.3 is 0 Å². The molecular weight excluding hydrogens is 278 g/mol. The van der Waals surface area contributed by atoms with Crippen LogP contribution < -0.4 is 0 Å². The summed E-state index contributed by atoms with van der Waals surface area (Å²) in [4.78, 5) is 6.58. The molecule has 0 radical (unpaired) electrons. The summed E-state index contributed by atoms with van der Waals surface area (Å²) in [6.07, 6.45) is 3.60. The van der Waals surface area contributed by atoms with Crippen LogP contribution in [0, 0.1) is 22.7 Å². The Hall–Kier alpha value is -1.76. The molecule has 0 aromatic heterocycles. The van der Waals surface area contributed by atoms with Crippen LogP contribution in [0.15, 0.2) is 11.4 Å². The molecule has 6 nitrogen and oxygen atoms in total. The predicted molar refractivity (Wildman–Crippen MR) is 83.4 cm³/mol. The van der Waals surface area contributed by atoms with Crippen LogP contribution in [0.2, 0.25) is 0 Å². The highest BCUT2D eigenvalue weighted by Gasteiger charge is 2.28. The summed E-state index contributed by atoms with van der Waals surface area (Å²) in [6, 6.07) is 4.66. The number of β-amino-alcohol motifs (C(OH)–C–C–N with tert-alkyl or cyclic N) is 1. The quantitative estimate of drug-likeness (QED) is 0.729. The summed E-state index contributed by atoms with van der Waals surface area (Å²) in [6.45, 7) is 7.48. The number of aliphatic hydroxyl groups is 1. The second kappa shape index (κ2) is 8.03. The molecule has 0 aliphatic carbocycles. The molecule has 2 rings (SSSR count). The van der Waals surface area contributed by atoms with Crippen molar-refractivity contribution >= 4 is 0 Å². The van der Waals surface area contributed by atoms with Crippen LogP contribution in [0.1, 0.15) is 26.2 Å². The van der Waals surface area contributed by atoms with Crippen LogP contribution in [-0.4, -0.2) is 71.7 Å². The predicted octanol–water partition coefficient (Wildman–Crippen LogP) is 0.729. The Kier molecular flexibility index (Phi) is 6.06. The Morgan fingerprint density at radius 1 is 1.14 bits per heavy atom. The highest BCUT2D eigenvalue weighted by molar-refractivity contribution is 5.40.